The molecule has 3 atom stereocenters. The third kappa shape index (κ3) is 4.48. The van der Waals surface area contributed by atoms with Gasteiger partial charge in [-0.1, -0.05) is 26.0 Å². The van der Waals surface area contributed by atoms with Crippen molar-refractivity contribution in [2.45, 2.75) is 32.7 Å². The number of carbonyl (C=O) groups is 2. The first kappa shape index (κ1) is 15.4. The summed E-state index contributed by atoms with van der Waals surface area (Å²) in [6, 6.07) is 7.65. The molecule has 0 saturated heterocycles. The van der Waals surface area contributed by atoms with Gasteiger partial charge in [-0.05, 0) is 36.5 Å². The summed E-state index contributed by atoms with van der Waals surface area (Å²) in [6.45, 7) is 3.95. The second-order valence-corrected chi connectivity index (χ2v) is 5.74. The van der Waals surface area contributed by atoms with Crippen LogP contribution in [0, 0.1) is 11.8 Å². The second-order valence-electron chi connectivity index (χ2n) is 5.74. The minimum atomic E-state index is -0.213. The Balaban J connectivity index is 1.83. The number of hydrogen-bond donors (Lipinski definition) is 2. The van der Waals surface area contributed by atoms with Gasteiger partial charge in [0.05, 0.1) is 13.0 Å². The second kappa shape index (κ2) is 6.61. The van der Waals surface area contributed by atoms with Crippen molar-refractivity contribution in [2.75, 3.05) is 12.4 Å². The Morgan fingerprint density at radius 3 is 2.48 bits per heavy atom. The highest BCUT2D eigenvalue weighted by Gasteiger charge is 2.33. The molecule has 0 unspecified atom stereocenters. The Bertz CT molecular complexity index is 513. The summed E-state index contributed by atoms with van der Waals surface area (Å²) in [4.78, 5) is 23.1. The molecule has 0 radical (unpaired) electrons. The number of anilines is 1. The molecule has 1 aromatic carbocycles. The van der Waals surface area contributed by atoms with Gasteiger partial charge in [0.2, 0.25) is 0 Å². The highest BCUT2D eigenvalue weighted by atomic mass is 16.5. The van der Waals surface area contributed by atoms with E-state index in [1.54, 1.807) is 0 Å². The van der Waals surface area contributed by atoms with Crippen molar-refractivity contribution in [1.82, 2.24) is 5.32 Å². The van der Waals surface area contributed by atoms with Crippen LogP contribution in [0.4, 0.5) is 10.5 Å². The van der Waals surface area contributed by atoms with Crippen LogP contribution >= 0.6 is 0 Å². The Labute approximate surface area is 125 Å². The monoisotopic (exact) mass is 290 g/mol. The summed E-state index contributed by atoms with van der Waals surface area (Å²) in [5.41, 5.74) is 1.78. The Kier molecular flexibility index (Phi) is 4.83. The van der Waals surface area contributed by atoms with Gasteiger partial charge in [-0.15, -0.1) is 0 Å². The fourth-order valence-electron chi connectivity index (χ4n) is 2.22. The number of rotatable bonds is 5. The highest BCUT2D eigenvalue weighted by Crippen LogP contribution is 2.28. The van der Waals surface area contributed by atoms with Gasteiger partial charge in [0.25, 0.3) is 0 Å². The van der Waals surface area contributed by atoms with Gasteiger partial charge in [0.1, 0.15) is 0 Å². The molecular weight excluding hydrogens is 268 g/mol. The van der Waals surface area contributed by atoms with Crippen molar-refractivity contribution in [1.29, 1.82) is 0 Å². The lowest BCUT2D eigenvalue weighted by molar-refractivity contribution is -0.144. The minimum Gasteiger partial charge on any atom is -0.469 e. The van der Waals surface area contributed by atoms with E-state index < -0.39 is 0 Å². The number of ether oxygens (including phenoxy) is 1. The van der Waals surface area contributed by atoms with Gasteiger partial charge in [0, 0.05) is 11.7 Å². The van der Waals surface area contributed by atoms with E-state index in [4.69, 9.17) is 4.74 Å². The lowest BCUT2D eigenvalue weighted by Gasteiger charge is -2.10. The molecule has 1 saturated carbocycles. The molecule has 114 valence electrons. The first-order valence-corrected chi connectivity index (χ1v) is 7.24. The summed E-state index contributed by atoms with van der Waals surface area (Å²) in [6.07, 6.45) is 1.68. The summed E-state index contributed by atoms with van der Waals surface area (Å²) in [5.74, 6) is 0.196. The average Bonchev–Trinajstić information content (AvgIpc) is 3.15. The van der Waals surface area contributed by atoms with Gasteiger partial charge < -0.3 is 15.4 Å². The zero-order chi connectivity index (χ0) is 15.4. The molecule has 0 heterocycles. The largest absolute Gasteiger partial charge is 0.469 e. The topological polar surface area (TPSA) is 67.4 Å². The van der Waals surface area contributed by atoms with E-state index >= 15 is 0 Å². The molecule has 21 heavy (non-hydrogen) atoms. The molecule has 0 spiro atoms. The molecule has 2 rings (SSSR count). The minimum absolute atomic E-state index is 0.167. The summed E-state index contributed by atoms with van der Waals surface area (Å²) < 4.78 is 4.71. The van der Waals surface area contributed by atoms with Crippen LogP contribution in [0.25, 0.3) is 0 Å². The Morgan fingerprint density at radius 2 is 1.95 bits per heavy atom. The van der Waals surface area contributed by atoms with E-state index in [1.165, 1.54) is 7.11 Å². The third-order valence-electron chi connectivity index (χ3n) is 3.78. The lowest BCUT2D eigenvalue weighted by Crippen LogP contribution is -2.31. The molecule has 5 nitrogen and oxygen atoms in total. The number of urea groups is 1. The number of carbonyl (C=O) groups excluding carboxylic acids is 2. The van der Waals surface area contributed by atoms with Crippen molar-refractivity contribution in [3.63, 3.8) is 0 Å². The third-order valence-corrected chi connectivity index (χ3v) is 3.78. The van der Waals surface area contributed by atoms with E-state index in [0.29, 0.717) is 18.4 Å². The van der Waals surface area contributed by atoms with Crippen LogP contribution in [-0.2, 0) is 16.0 Å². The van der Waals surface area contributed by atoms with Crippen LogP contribution < -0.4 is 10.6 Å². The number of nitrogens with one attached hydrogen (secondary N) is 2. The number of methoxy groups -OCH3 is 1. The Hall–Kier alpha value is -2.04. The van der Waals surface area contributed by atoms with E-state index in [1.807, 2.05) is 31.2 Å². The number of esters is 1. The van der Waals surface area contributed by atoms with Gasteiger partial charge >= 0.3 is 12.0 Å². The standard InChI is InChI=1S/C16H22N2O3/c1-10-9-14(10)18-16(20)17-13-6-4-12(5-7-13)8-11(2)15(19)21-3/h4-7,10-11,14H,8-9H2,1-3H3,(H2,17,18,20)/t10-,11-,14-/m1/s1. The van der Waals surface area contributed by atoms with Crippen LogP contribution in [0.1, 0.15) is 25.8 Å². The molecule has 1 aromatic rings. The van der Waals surface area contributed by atoms with Crippen molar-refractivity contribution in [2.24, 2.45) is 11.8 Å². The molecule has 2 N–H and O–H groups in total. The average molecular weight is 290 g/mol. The molecule has 1 aliphatic rings. The molecule has 5 heteroatoms. The molecule has 0 bridgehead atoms. The number of hydrogen-bond acceptors (Lipinski definition) is 3. The van der Waals surface area contributed by atoms with Crippen molar-refractivity contribution < 1.29 is 14.3 Å². The predicted molar refractivity (Wildman–Crippen MR) is 81.0 cm³/mol. The Morgan fingerprint density at radius 1 is 1.33 bits per heavy atom. The SMILES string of the molecule is COC(=O)[C@H](C)Cc1ccc(NC(=O)N[C@@H]2C[C@H]2C)cc1. The fraction of sp³-hybridized carbons (Fsp3) is 0.500. The maximum Gasteiger partial charge on any atom is 0.319 e. The van der Waals surface area contributed by atoms with E-state index in [0.717, 1.165) is 17.7 Å². The molecule has 1 aliphatic carbocycles. The lowest BCUT2D eigenvalue weighted by atomic mass is 10.0. The van der Waals surface area contributed by atoms with Crippen LogP contribution in [0.2, 0.25) is 0 Å². The normalized spacial score (nSPS) is 21.3. The molecule has 0 aromatic heterocycles. The van der Waals surface area contributed by atoms with E-state index in [-0.39, 0.29) is 17.9 Å². The van der Waals surface area contributed by atoms with Crippen LogP contribution in [0.5, 0.6) is 0 Å². The maximum absolute atomic E-state index is 11.7. The number of benzene rings is 1. The summed E-state index contributed by atoms with van der Waals surface area (Å²) >= 11 is 0. The first-order valence-electron chi connectivity index (χ1n) is 7.24. The molecule has 1 fully saturated rings. The first-order chi connectivity index (χ1) is 9.99. The van der Waals surface area contributed by atoms with Crippen molar-refractivity contribution in [3.8, 4) is 0 Å². The van der Waals surface area contributed by atoms with Crippen LogP contribution in [0.3, 0.4) is 0 Å². The van der Waals surface area contributed by atoms with Crippen LogP contribution in [-0.4, -0.2) is 25.2 Å². The van der Waals surface area contributed by atoms with Gasteiger partial charge in [-0.25, -0.2) is 4.79 Å². The fourth-order valence-corrected chi connectivity index (χ4v) is 2.22. The van der Waals surface area contributed by atoms with Gasteiger partial charge in [-0.3, -0.25) is 4.79 Å². The number of amides is 2. The smallest absolute Gasteiger partial charge is 0.319 e. The molecule has 0 aliphatic heterocycles. The summed E-state index contributed by atoms with van der Waals surface area (Å²) in [5, 5.41) is 5.72. The maximum atomic E-state index is 11.7. The van der Waals surface area contributed by atoms with Gasteiger partial charge in [-0.2, -0.15) is 0 Å². The zero-order valence-electron chi connectivity index (χ0n) is 12.7. The van der Waals surface area contributed by atoms with Crippen molar-refractivity contribution >= 4 is 17.7 Å². The van der Waals surface area contributed by atoms with Gasteiger partial charge in [0.15, 0.2) is 0 Å². The molecular formula is C16H22N2O3. The quantitative estimate of drug-likeness (QED) is 0.819. The van der Waals surface area contributed by atoms with Crippen molar-refractivity contribution in [3.05, 3.63) is 29.8 Å². The zero-order valence-corrected chi connectivity index (χ0v) is 12.7. The van der Waals surface area contributed by atoms with Crippen LogP contribution in [0.15, 0.2) is 24.3 Å². The van der Waals surface area contributed by atoms with E-state index in [9.17, 15) is 9.59 Å². The summed E-state index contributed by atoms with van der Waals surface area (Å²) in [7, 11) is 1.39. The van der Waals surface area contributed by atoms with E-state index in [2.05, 4.69) is 17.6 Å². The predicted octanol–water partition coefficient (Wildman–Crippen LogP) is 2.57. The molecule has 2 amide bonds. The highest BCUT2D eigenvalue weighted by molar-refractivity contribution is 5.89.